The topological polar surface area (TPSA) is 54.7 Å². The van der Waals surface area contributed by atoms with Gasteiger partial charge in [-0.3, -0.25) is 9.69 Å². The lowest BCUT2D eigenvalue weighted by Gasteiger charge is -2.33. The van der Waals surface area contributed by atoms with E-state index >= 15 is 0 Å². The number of carbonyl (C=O) groups excluding carboxylic acids is 1. The normalized spacial score (nSPS) is 16.6. The van der Waals surface area contributed by atoms with Gasteiger partial charge in [0.15, 0.2) is 0 Å². The van der Waals surface area contributed by atoms with Gasteiger partial charge in [0.1, 0.15) is 17.3 Å². The molecule has 2 aromatic rings. The van der Waals surface area contributed by atoms with Crippen LogP contribution in [-0.2, 0) is 4.74 Å². The summed E-state index contributed by atoms with van der Waals surface area (Å²) in [6.45, 7) is 5.02. The highest BCUT2D eigenvalue weighted by atomic mass is 79.9. The first kappa shape index (κ1) is 18.1. The van der Waals surface area contributed by atoms with Gasteiger partial charge in [0.25, 0.3) is 5.91 Å². The van der Waals surface area contributed by atoms with Gasteiger partial charge >= 0.3 is 0 Å². The number of nitrogens with zero attached hydrogens (tertiary/aromatic N) is 1. The summed E-state index contributed by atoms with van der Waals surface area (Å²) >= 11 is 3.19. The van der Waals surface area contributed by atoms with Crippen molar-refractivity contribution in [2.24, 2.45) is 0 Å². The molecule has 1 atom stereocenters. The molecular weight excluding hydrogens is 391 g/mol. The van der Waals surface area contributed by atoms with E-state index in [0.717, 1.165) is 24.6 Å². The Morgan fingerprint density at radius 2 is 2.08 bits per heavy atom. The molecule has 0 saturated carbocycles. The maximum absolute atomic E-state index is 14.0. The fraction of sp³-hybridized carbons (Fsp3) is 0.389. The molecule has 3 rings (SSSR count). The molecule has 1 unspecified atom stereocenters. The van der Waals surface area contributed by atoms with Crippen molar-refractivity contribution in [1.29, 1.82) is 0 Å². The highest BCUT2D eigenvalue weighted by Crippen LogP contribution is 2.23. The minimum Gasteiger partial charge on any atom is -0.465 e. The summed E-state index contributed by atoms with van der Waals surface area (Å²) < 4.78 is 25.7. The lowest BCUT2D eigenvalue weighted by molar-refractivity contribution is 0.0117. The third-order valence-corrected chi connectivity index (χ3v) is 4.70. The van der Waals surface area contributed by atoms with E-state index in [4.69, 9.17) is 9.15 Å². The van der Waals surface area contributed by atoms with Crippen molar-refractivity contribution >= 4 is 21.8 Å². The highest BCUT2D eigenvalue weighted by molar-refractivity contribution is 9.10. The Kier molecular flexibility index (Phi) is 5.88. The third kappa shape index (κ3) is 4.48. The lowest BCUT2D eigenvalue weighted by Crippen LogP contribution is -2.43. The number of furan rings is 1. The Balaban J connectivity index is 1.72. The molecule has 1 saturated heterocycles. The van der Waals surface area contributed by atoms with Crippen LogP contribution in [0.3, 0.4) is 0 Å². The van der Waals surface area contributed by atoms with E-state index < -0.39 is 11.7 Å². The molecule has 1 amide bonds. The van der Waals surface area contributed by atoms with Crippen molar-refractivity contribution in [3.63, 3.8) is 0 Å². The first-order chi connectivity index (χ1) is 12.0. The van der Waals surface area contributed by atoms with Crippen molar-refractivity contribution in [2.75, 3.05) is 32.8 Å². The molecule has 7 heteroatoms. The summed E-state index contributed by atoms with van der Waals surface area (Å²) in [6, 6.07) is 8.11. The SMILES string of the molecule is Cc1ccc(C(CNC(=O)c2ccc(Br)cc2F)N2CCOCC2)o1. The van der Waals surface area contributed by atoms with Gasteiger partial charge in [0.05, 0.1) is 24.8 Å². The molecular formula is C18H20BrFN2O3. The Hall–Kier alpha value is -1.70. The van der Waals surface area contributed by atoms with E-state index in [9.17, 15) is 9.18 Å². The molecule has 0 aliphatic carbocycles. The summed E-state index contributed by atoms with van der Waals surface area (Å²) in [7, 11) is 0. The van der Waals surface area contributed by atoms with E-state index in [-0.39, 0.29) is 11.6 Å². The summed E-state index contributed by atoms with van der Waals surface area (Å²) in [4.78, 5) is 14.6. The number of hydrogen-bond acceptors (Lipinski definition) is 4. The average molecular weight is 411 g/mol. The number of hydrogen-bond donors (Lipinski definition) is 1. The lowest BCUT2D eigenvalue weighted by atomic mass is 10.1. The van der Waals surface area contributed by atoms with Gasteiger partial charge in [-0.2, -0.15) is 0 Å². The quantitative estimate of drug-likeness (QED) is 0.821. The van der Waals surface area contributed by atoms with Gasteiger partial charge in [-0.25, -0.2) is 4.39 Å². The van der Waals surface area contributed by atoms with Crippen LogP contribution in [0, 0.1) is 12.7 Å². The molecule has 134 valence electrons. The first-order valence-corrected chi connectivity index (χ1v) is 8.95. The number of benzene rings is 1. The molecule has 1 N–H and O–H groups in total. The summed E-state index contributed by atoms with van der Waals surface area (Å²) in [5.41, 5.74) is 0.0274. The van der Waals surface area contributed by atoms with Gasteiger partial charge < -0.3 is 14.5 Å². The van der Waals surface area contributed by atoms with Crippen LogP contribution in [-0.4, -0.2) is 43.7 Å². The largest absolute Gasteiger partial charge is 0.465 e. The number of halogens is 2. The van der Waals surface area contributed by atoms with Gasteiger partial charge in [0.2, 0.25) is 0 Å². The van der Waals surface area contributed by atoms with Crippen molar-refractivity contribution in [2.45, 2.75) is 13.0 Å². The molecule has 1 aromatic carbocycles. The average Bonchev–Trinajstić information content (AvgIpc) is 3.02. The van der Waals surface area contributed by atoms with Crippen molar-refractivity contribution in [3.8, 4) is 0 Å². The highest BCUT2D eigenvalue weighted by Gasteiger charge is 2.26. The number of nitrogens with one attached hydrogen (secondary N) is 1. The van der Waals surface area contributed by atoms with Crippen LogP contribution >= 0.6 is 15.9 Å². The maximum Gasteiger partial charge on any atom is 0.254 e. The van der Waals surface area contributed by atoms with Crippen LogP contribution in [0.4, 0.5) is 4.39 Å². The monoisotopic (exact) mass is 410 g/mol. The van der Waals surface area contributed by atoms with Crippen LogP contribution in [0.15, 0.2) is 39.2 Å². The van der Waals surface area contributed by atoms with Crippen molar-refractivity contribution in [1.82, 2.24) is 10.2 Å². The summed E-state index contributed by atoms with van der Waals surface area (Å²) in [5.74, 6) is 0.615. The molecule has 5 nitrogen and oxygen atoms in total. The minimum atomic E-state index is -0.552. The number of carbonyl (C=O) groups is 1. The predicted molar refractivity (Wildman–Crippen MR) is 95.0 cm³/mol. The zero-order valence-corrected chi connectivity index (χ0v) is 15.5. The van der Waals surface area contributed by atoms with Crippen LogP contribution in [0.5, 0.6) is 0 Å². The molecule has 1 fully saturated rings. The number of morpholine rings is 1. The summed E-state index contributed by atoms with van der Waals surface area (Å²) in [5, 5.41) is 2.83. The van der Waals surface area contributed by atoms with Gasteiger partial charge in [-0.1, -0.05) is 15.9 Å². The molecule has 0 spiro atoms. The molecule has 0 radical (unpaired) electrons. The zero-order chi connectivity index (χ0) is 17.8. The van der Waals surface area contributed by atoms with Crippen LogP contribution < -0.4 is 5.32 Å². The predicted octanol–water partition coefficient (Wildman–Crippen LogP) is 3.29. The smallest absolute Gasteiger partial charge is 0.254 e. The summed E-state index contributed by atoms with van der Waals surface area (Å²) in [6.07, 6.45) is 0. The van der Waals surface area contributed by atoms with E-state index in [0.29, 0.717) is 24.2 Å². The Labute approximate surface area is 154 Å². The second-order valence-electron chi connectivity index (χ2n) is 5.95. The molecule has 1 aromatic heterocycles. The Morgan fingerprint density at radius 3 is 2.72 bits per heavy atom. The van der Waals surface area contributed by atoms with Gasteiger partial charge in [0, 0.05) is 24.1 Å². The first-order valence-electron chi connectivity index (χ1n) is 8.16. The van der Waals surface area contributed by atoms with E-state index in [2.05, 4.69) is 26.1 Å². The van der Waals surface area contributed by atoms with Crippen molar-refractivity contribution < 1.29 is 18.3 Å². The van der Waals surface area contributed by atoms with Crippen LogP contribution in [0.1, 0.15) is 27.9 Å². The maximum atomic E-state index is 14.0. The van der Waals surface area contributed by atoms with Gasteiger partial charge in [-0.05, 0) is 37.3 Å². The van der Waals surface area contributed by atoms with E-state index in [1.165, 1.54) is 12.1 Å². The molecule has 2 heterocycles. The molecule has 25 heavy (non-hydrogen) atoms. The second kappa shape index (κ2) is 8.12. The standard InChI is InChI=1S/C18H20BrFN2O3/c1-12-2-5-17(25-12)16(22-6-8-24-9-7-22)11-21-18(23)14-4-3-13(19)10-15(14)20/h2-5,10,16H,6-9,11H2,1H3,(H,21,23). The molecule has 1 aliphatic heterocycles. The number of rotatable bonds is 5. The number of amides is 1. The number of aryl methyl sites for hydroxylation is 1. The van der Waals surface area contributed by atoms with Crippen LogP contribution in [0.25, 0.3) is 0 Å². The Bertz CT molecular complexity index is 744. The minimum absolute atomic E-state index is 0.0274. The Morgan fingerprint density at radius 1 is 1.32 bits per heavy atom. The number of ether oxygens (including phenoxy) is 1. The molecule has 0 bridgehead atoms. The van der Waals surface area contributed by atoms with Crippen LogP contribution in [0.2, 0.25) is 0 Å². The second-order valence-corrected chi connectivity index (χ2v) is 6.86. The van der Waals surface area contributed by atoms with Crippen molar-refractivity contribution in [3.05, 3.63) is 57.7 Å². The zero-order valence-electron chi connectivity index (χ0n) is 13.9. The third-order valence-electron chi connectivity index (χ3n) is 4.21. The van der Waals surface area contributed by atoms with E-state index in [1.54, 1.807) is 6.07 Å². The van der Waals surface area contributed by atoms with E-state index in [1.807, 2.05) is 19.1 Å². The van der Waals surface area contributed by atoms with Gasteiger partial charge in [-0.15, -0.1) is 0 Å². The molecule has 1 aliphatic rings. The fourth-order valence-corrected chi connectivity index (χ4v) is 3.22. The fourth-order valence-electron chi connectivity index (χ4n) is 2.89.